The van der Waals surface area contributed by atoms with Crippen molar-refractivity contribution in [3.8, 4) is 11.3 Å². The molecular weight excluding hydrogens is 276 g/mol. The van der Waals surface area contributed by atoms with Gasteiger partial charge in [-0.1, -0.05) is 19.6 Å². The Kier molecular flexibility index (Phi) is 2.39. The van der Waals surface area contributed by atoms with Crippen molar-refractivity contribution >= 4 is 29.4 Å². The molecule has 2 rings (SSSR count). The van der Waals surface area contributed by atoms with Gasteiger partial charge >= 0.3 is 5.63 Å². The van der Waals surface area contributed by atoms with Crippen molar-refractivity contribution < 1.29 is 8.83 Å². The first-order chi connectivity index (χ1) is 6.91. The van der Waals surface area contributed by atoms with Crippen molar-refractivity contribution in [1.82, 2.24) is 0 Å². The minimum absolute atomic E-state index is 0.342. The third-order valence-corrected chi connectivity index (χ3v) is 4.62. The summed E-state index contributed by atoms with van der Waals surface area (Å²) in [6.07, 6.45) is 1.61. The number of furan rings is 1. The van der Waals surface area contributed by atoms with Gasteiger partial charge in [0.15, 0.2) is 5.76 Å². The molecule has 0 aliphatic carbocycles. The largest absolute Gasteiger partial charge is 0.471 e. The summed E-state index contributed by atoms with van der Waals surface area (Å²) in [5.41, 5.74) is 0.453. The van der Waals surface area contributed by atoms with Crippen LogP contribution < -0.4 is 11.0 Å². The highest BCUT2D eigenvalue weighted by atomic mass is 79.9. The lowest BCUT2D eigenvalue weighted by atomic mass is 10.2. The van der Waals surface area contributed by atoms with Gasteiger partial charge in [0.2, 0.25) is 0 Å². The molecule has 5 heteroatoms. The fourth-order valence-corrected chi connectivity index (χ4v) is 3.14. The summed E-state index contributed by atoms with van der Waals surface area (Å²) >= 11 is 3.22. The maximum Gasteiger partial charge on any atom is 0.351 e. The van der Waals surface area contributed by atoms with E-state index in [1.807, 2.05) is 0 Å². The standard InChI is InChI=1S/C10H11BrO3Si/c1-15(2,3)10-8-6(4-5-13-10)7(11)9(12)14-8/h4-5H,1-3H3. The molecule has 0 radical (unpaired) electrons. The topological polar surface area (TPSA) is 43.4 Å². The molecule has 0 aromatic rings. The van der Waals surface area contributed by atoms with Crippen LogP contribution in [-0.2, 0) is 0 Å². The monoisotopic (exact) mass is 286 g/mol. The maximum absolute atomic E-state index is 11.4. The Labute approximate surface area is 96.6 Å². The third kappa shape index (κ3) is 1.70. The maximum atomic E-state index is 11.4. The quantitative estimate of drug-likeness (QED) is 0.757. The van der Waals surface area contributed by atoms with Crippen molar-refractivity contribution in [1.29, 1.82) is 0 Å². The van der Waals surface area contributed by atoms with E-state index in [9.17, 15) is 4.79 Å². The molecule has 0 spiro atoms. The van der Waals surface area contributed by atoms with E-state index < -0.39 is 8.07 Å². The Bertz CT molecular complexity index is 521. The van der Waals surface area contributed by atoms with Crippen LogP contribution >= 0.6 is 15.9 Å². The van der Waals surface area contributed by atoms with Crippen LogP contribution in [0.25, 0.3) is 11.3 Å². The lowest BCUT2D eigenvalue weighted by Gasteiger charge is -2.16. The van der Waals surface area contributed by atoms with Crippen LogP contribution in [0.4, 0.5) is 0 Å². The Morgan fingerprint density at radius 2 is 2.00 bits per heavy atom. The number of halogens is 1. The van der Waals surface area contributed by atoms with Crippen LogP contribution in [0.15, 0.2) is 30.4 Å². The molecule has 0 bridgehead atoms. The average Bonchev–Trinajstić information content (AvgIpc) is 2.41. The Morgan fingerprint density at radius 1 is 1.33 bits per heavy atom. The number of rotatable bonds is 1. The fraction of sp³-hybridized carbons (Fsp3) is 0.300. The predicted octanol–water partition coefficient (Wildman–Crippen LogP) is 2.65. The first kappa shape index (κ1) is 10.7. The Morgan fingerprint density at radius 3 is 2.60 bits per heavy atom. The van der Waals surface area contributed by atoms with Gasteiger partial charge in [0.25, 0.3) is 0 Å². The summed E-state index contributed by atoms with van der Waals surface area (Å²) in [7, 11) is -1.63. The normalized spacial score (nSPS) is 12.3. The highest BCUT2D eigenvalue weighted by Gasteiger charge is 2.29. The van der Waals surface area contributed by atoms with E-state index in [4.69, 9.17) is 8.83 Å². The SMILES string of the molecule is C[Si](C)(C)c1occc2c(Br)c(=O)oc1-2. The second-order valence-corrected chi connectivity index (χ2v) is 10.2. The van der Waals surface area contributed by atoms with Gasteiger partial charge in [0, 0.05) is 5.56 Å². The van der Waals surface area contributed by atoms with Crippen LogP contribution in [0.2, 0.25) is 19.6 Å². The van der Waals surface area contributed by atoms with E-state index in [2.05, 4.69) is 35.6 Å². The second kappa shape index (κ2) is 3.35. The van der Waals surface area contributed by atoms with E-state index >= 15 is 0 Å². The number of hydrogen-bond acceptors (Lipinski definition) is 3. The first-order valence-electron chi connectivity index (χ1n) is 4.61. The minimum Gasteiger partial charge on any atom is -0.471 e. The van der Waals surface area contributed by atoms with Crippen LogP contribution in [0.3, 0.4) is 0 Å². The van der Waals surface area contributed by atoms with Gasteiger partial charge in [-0.2, -0.15) is 0 Å². The molecule has 3 nitrogen and oxygen atoms in total. The predicted molar refractivity (Wildman–Crippen MR) is 64.5 cm³/mol. The summed E-state index contributed by atoms with van der Waals surface area (Å²) in [6, 6.07) is 1.74. The smallest absolute Gasteiger partial charge is 0.351 e. The molecule has 15 heavy (non-hydrogen) atoms. The number of hydrogen-bond donors (Lipinski definition) is 0. The highest BCUT2D eigenvalue weighted by molar-refractivity contribution is 9.10. The lowest BCUT2D eigenvalue weighted by Crippen LogP contribution is -2.38. The summed E-state index contributed by atoms with van der Waals surface area (Å²) in [5.74, 6) is 0.591. The van der Waals surface area contributed by atoms with Gasteiger partial charge in [0.1, 0.15) is 17.9 Å². The zero-order valence-electron chi connectivity index (χ0n) is 8.76. The van der Waals surface area contributed by atoms with Gasteiger partial charge in [-0.05, 0) is 22.0 Å². The fourth-order valence-electron chi connectivity index (χ4n) is 1.46. The molecular formula is C10H11BrO3Si. The van der Waals surface area contributed by atoms with Crippen LogP contribution in [0.5, 0.6) is 0 Å². The van der Waals surface area contributed by atoms with Gasteiger partial charge in [-0.3, -0.25) is 0 Å². The van der Waals surface area contributed by atoms with Crippen LogP contribution in [-0.4, -0.2) is 8.07 Å². The summed E-state index contributed by atoms with van der Waals surface area (Å²) < 4.78 is 11.2. The highest BCUT2D eigenvalue weighted by Crippen LogP contribution is 2.28. The van der Waals surface area contributed by atoms with Gasteiger partial charge < -0.3 is 8.83 Å². The molecule has 0 fully saturated rings. The molecule has 0 aromatic heterocycles. The molecule has 0 atom stereocenters. The molecule has 80 valence electrons. The molecule has 0 unspecified atom stereocenters. The van der Waals surface area contributed by atoms with Crippen molar-refractivity contribution in [3.05, 3.63) is 27.2 Å². The summed E-state index contributed by atoms with van der Waals surface area (Å²) in [6.45, 7) is 6.44. The molecule has 2 aliphatic heterocycles. The van der Waals surface area contributed by atoms with E-state index in [1.165, 1.54) is 0 Å². The average molecular weight is 287 g/mol. The van der Waals surface area contributed by atoms with E-state index in [0.29, 0.717) is 10.2 Å². The molecule has 0 amide bonds. The van der Waals surface area contributed by atoms with Crippen molar-refractivity contribution in [2.75, 3.05) is 0 Å². The van der Waals surface area contributed by atoms with E-state index in [1.54, 1.807) is 12.3 Å². The molecule has 0 N–H and O–H groups in total. The lowest BCUT2D eigenvalue weighted by molar-refractivity contribution is 0.512. The zero-order chi connectivity index (χ0) is 11.2. The van der Waals surface area contributed by atoms with Crippen LogP contribution in [0.1, 0.15) is 0 Å². The van der Waals surface area contributed by atoms with E-state index in [0.717, 1.165) is 10.9 Å². The first-order valence-corrected chi connectivity index (χ1v) is 8.91. The Hall–Kier alpha value is -0.813. The molecule has 2 heterocycles. The van der Waals surface area contributed by atoms with Gasteiger partial charge in [0.05, 0.1) is 6.26 Å². The summed E-state index contributed by atoms with van der Waals surface area (Å²) in [5, 5.41) is 0.822. The summed E-state index contributed by atoms with van der Waals surface area (Å²) in [4.78, 5) is 11.4. The minimum atomic E-state index is -1.63. The number of fused-ring (bicyclic) bond motifs is 1. The molecule has 2 aliphatic rings. The third-order valence-electron chi connectivity index (χ3n) is 2.16. The van der Waals surface area contributed by atoms with Crippen LogP contribution in [0, 0.1) is 0 Å². The van der Waals surface area contributed by atoms with E-state index in [-0.39, 0.29) is 5.63 Å². The molecule has 0 aromatic carbocycles. The van der Waals surface area contributed by atoms with Gasteiger partial charge in [-0.25, -0.2) is 4.79 Å². The Balaban J connectivity index is 2.79. The van der Waals surface area contributed by atoms with Crippen molar-refractivity contribution in [2.45, 2.75) is 19.6 Å². The second-order valence-electron chi connectivity index (χ2n) is 4.45. The molecule has 0 saturated heterocycles. The van der Waals surface area contributed by atoms with Gasteiger partial charge in [-0.15, -0.1) is 0 Å². The molecule has 0 saturated carbocycles. The van der Waals surface area contributed by atoms with Crippen molar-refractivity contribution in [3.63, 3.8) is 0 Å². The van der Waals surface area contributed by atoms with Crippen molar-refractivity contribution in [2.24, 2.45) is 0 Å². The zero-order valence-corrected chi connectivity index (χ0v) is 11.3.